The quantitative estimate of drug-likeness (QED) is 0.812. The minimum absolute atomic E-state index is 0.295. The van der Waals surface area contributed by atoms with Crippen LogP contribution in [0.25, 0.3) is 0 Å². The van der Waals surface area contributed by atoms with Gasteiger partial charge in [0, 0.05) is 15.7 Å². The first-order valence-corrected chi connectivity index (χ1v) is 7.55. The van der Waals surface area contributed by atoms with Crippen LogP contribution >= 0.6 is 23.4 Å². The number of aryl methyl sites for hydroxylation is 2. The first-order chi connectivity index (χ1) is 9.45. The molecule has 2 aromatic rings. The molecule has 2 aromatic carbocycles. The topological polar surface area (TPSA) is 37.3 Å². The Morgan fingerprint density at radius 1 is 1.15 bits per heavy atom. The Morgan fingerprint density at radius 2 is 1.80 bits per heavy atom. The normalized spacial score (nSPS) is 10.6. The first kappa shape index (κ1) is 14.9. The number of thioether (sulfide) groups is 1. The molecule has 0 aliphatic carbocycles. The van der Waals surface area contributed by atoms with E-state index in [0.29, 0.717) is 15.5 Å². The number of benzene rings is 2. The highest BCUT2D eigenvalue weighted by molar-refractivity contribution is 7.98. The maximum absolute atomic E-state index is 11.2. The van der Waals surface area contributed by atoms with Gasteiger partial charge in [-0.15, -0.1) is 11.8 Å². The number of halogens is 1. The molecule has 2 nitrogen and oxygen atoms in total. The molecule has 0 aliphatic rings. The average Bonchev–Trinajstić information content (AvgIpc) is 2.35. The summed E-state index contributed by atoms with van der Waals surface area (Å²) in [5, 5.41) is 9.74. The van der Waals surface area contributed by atoms with Gasteiger partial charge in [0.05, 0.1) is 5.56 Å². The summed E-state index contributed by atoms with van der Waals surface area (Å²) < 4.78 is 0. The lowest BCUT2D eigenvalue weighted by molar-refractivity contribution is 0.0693. The number of rotatable bonds is 4. The zero-order chi connectivity index (χ0) is 14.7. The SMILES string of the molecule is Cc1cc(C)cc(CSc2cc(Cl)ccc2C(=O)O)c1. The second-order valence-corrected chi connectivity index (χ2v) is 6.18. The molecule has 20 heavy (non-hydrogen) atoms. The zero-order valence-electron chi connectivity index (χ0n) is 11.3. The number of hydrogen-bond acceptors (Lipinski definition) is 2. The largest absolute Gasteiger partial charge is 0.478 e. The van der Waals surface area contributed by atoms with Gasteiger partial charge in [-0.2, -0.15) is 0 Å². The van der Waals surface area contributed by atoms with Crippen LogP contribution in [0.5, 0.6) is 0 Å². The number of carbonyl (C=O) groups is 1. The first-order valence-electron chi connectivity index (χ1n) is 6.18. The molecule has 0 heterocycles. The van der Waals surface area contributed by atoms with Crippen molar-refractivity contribution in [3.8, 4) is 0 Å². The highest BCUT2D eigenvalue weighted by Crippen LogP contribution is 2.29. The third kappa shape index (κ3) is 3.78. The van der Waals surface area contributed by atoms with Crippen LogP contribution in [0.3, 0.4) is 0 Å². The van der Waals surface area contributed by atoms with Crippen molar-refractivity contribution in [2.24, 2.45) is 0 Å². The van der Waals surface area contributed by atoms with E-state index in [1.165, 1.54) is 28.5 Å². The molecule has 0 saturated heterocycles. The second kappa shape index (κ2) is 6.33. The summed E-state index contributed by atoms with van der Waals surface area (Å²) in [6.07, 6.45) is 0. The van der Waals surface area contributed by atoms with Crippen LogP contribution in [-0.4, -0.2) is 11.1 Å². The minimum Gasteiger partial charge on any atom is -0.478 e. The highest BCUT2D eigenvalue weighted by atomic mass is 35.5. The summed E-state index contributed by atoms with van der Waals surface area (Å²) in [4.78, 5) is 11.9. The Bertz CT molecular complexity index is 633. The van der Waals surface area contributed by atoms with E-state index in [9.17, 15) is 9.90 Å². The van der Waals surface area contributed by atoms with E-state index in [1.807, 2.05) is 0 Å². The van der Waals surface area contributed by atoms with Crippen molar-refractivity contribution in [2.75, 3.05) is 0 Å². The van der Waals surface area contributed by atoms with Crippen LogP contribution in [0, 0.1) is 13.8 Å². The molecule has 4 heteroatoms. The molecule has 2 rings (SSSR count). The lowest BCUT2D eigenvalue weighted by Crippen LogP contribution is -1.98. The fraction of sp³-hybridized carbons (Fsp3) is 0.188. The lowest BCUT2D eigenvalue weighted by Gasteiger charge is -2.08. The van der Waals surface area contributed by atoms with Gasteiger partial charge in [0.2, 0.25) is 0 Å². The van der Waals surface area contributed by atoms with Crippen LogP contribution in [0.4, 0.5) is 0 Å². The zero-order valence-corrected chi connectivity index (χ0v) is 12.9. The van der Waals surface area contributed by atoms with Gasteiger partial charge >= 0.3 is 5.97 Å². The molecule has 0 atom stereocenters. The van der Waals surface area contributed by atoms with E-state index in [4.69, 9.17) is 11.6 Å². The molecule has 0 radical (unpaired) electrons. The molecule has 0 spiro atoms. The summed E-state index contributed by atoms with van der Waals surface area (Å²) in [5.74, 6) is -0.201. The van der Waals surface area contributed by atoms with E-state index in [1.54, 1.807) is 18.2 Å². The predicted molar refractivity (Wildman–Crippen MR) is 83.9 cm³/mol. The molecule has 0 saturated carbocycles. The Balaban J connectivity index is 2.22. The van der Waals surface area contributed by atoms with Crippen molar-refractivity contribution >= 4 is 29.3 Å². The molecule has 1 N–H and O–H groups in total. The maximum Gasteiger partial charge on any atom is 0.336 e. The Hall–Kier alpha value is -1.45. The molecule has 0 fully saturated rings. The Kier molecular flexibility index (Phi) is 4.73. The number of hydrogen-bond donors (Lipinski definition) is 1. The van der Waals surface area contributed by atoms with Crippen LogP contribution < -0.4 is 0 Å². The van der Waals surface area contributed by atoms with Crippen LogP contribution in [0.15, 0.2) is 41.3 Å². The summed E-state index contributed by atoms with van der Waals surface area (Å²) in [6.45, 7) is 4.12. The highest BCUT2D eigenvalue weighted by Gasteiger charge is 2.11. The Labute approximate surface area is 127 Å². The van der Waals surface area contributed by atoms with Crippen molar-refractivity contribution in [1.82, 2.24) is 0 Å². The number of carboxylic acid groups (broad SMARTS) is 1. The standard InChI is InChI=1S/C16H15ClO2S/c1-10-5-11(2)7-12(6-10)9-20-15-8-13(17)3-4-14(15)16(18)19/h3-8H,9H2,1-2H3,(H,18,19). The third-order valence-electron chi connectivity index (χ3n) is 2.85. The van der Waals surface area contributed by atoms with E-state index >= 15 is 0 Å². The van der Waals surface area contributed by atoms with E-state index in [-0.39, 0.29) is 0 Å². The smallest absolute Gasteiger partial charge is 0.336 e. The van der Waals surface area contributed by atoms with E-state index < -0.39 is 5.97 Å². The van der Waals surface area contributed by atoms with Crippen molar-refractivity contribution < 1.29 is 9.90 Å². The molecular formula is C16H15ClO2S. The predicted octanol–water partition coefficient (Wildman–Crippen LogP) is 4.95. The fourth-order valence-electron chi connectivity index (χ4n) is 2.11. The number of carboxylic acids is 1. The van der Waals surface area contributed by atoms with Crippen LogP contribution in [0.1, 0.15) is 27.0 Å². The molecular weight excluding hydrogens is 292 g/mol. The van der Waals surface area contributed by atoms with E-state index in [2.05, 4.69) is 32.0 Å². The van der Waals surface area contributed by atoms with Crippen LogP contribution in [0.2, 0.25) is 5.02 Å². The summed E-state index contributed by atoms with van der Waals surface area (Å²) in [7, 11) is 0. The maximum atomic E-state index is 11.2. The lowest BCUT2D eigenvalue weighted by atomic mass is 10.1. The van der Waals surface area contributed by atoms with Crippen molar-refractivity contribution in [1.29, 1.82) is 0 Å². The van der Waals surface area contributed by atoms with Crippen molar-refractivity contribution in [2.45, 2.75) is 24.5 Å². The molecule has 0 unspecified atom stereocenters. The summed E-state index contributed by atoms with van der Waals surface area (Å²) >= 11 is 7.44. The minimum atomic E-state index is -0.926. The monoisotopic (exact) mass is 306 g/mol. The second-order valence-electron chi connectivity index (χ2n) is 4.73. The van der Waals surface area contributed by atoms with Gasteiger partial charge in [0.15, 0.2) is 0 Å². The molecule has 0 aromatic heterocycles. The van der Waals surface area contributed by atoms with Gasteiger partial charge in [-0.25, -0.2) is 4.79 Å². The average molecular weight is 307 g/mol. The van der Waals surface area contributed by atoms with Gasteiger partial charge < -0.3 is 5.11 Å². The summed E-state index contributed by atoms with van der Waals surface area (Å²) in [5.41, 5.74) is 3.91. The van der Waals surface area contributed by atoms with Crippen molar-refractivity contribution in [3.05, 3.63) is 63.7 Å². The van der Waals surface area contributed by atoms with Gasteiger partial charge in [0.25, 0.3) is 0 Å². The van der Waals surface area contributed by atoms with E-state index in [0.717, 1.165) is 5.75 Å². The van der Waals surface area contributed by atoms with Gasteiger partial charge in [-0.1, -0.05) is 40.9 Å². The number of aromatic carboxylic acids is 1. The van der Waals surface area contributed by atoms with Gasteiger partial charge in [-0.3, -0.25) is 0 Å². The third-order valence-corrected chi connectivity index (χ3v) is 4.21. The van der Waals surface area contributed by atoms with Gasteiger partial charge in [-0.05, 0) is 37.6 Å². The summed E-state index contributed by atoms with van der Waals surface area (Å²) in [6, 6.07) is 11.2. The molecule has 104 valence electrons. The van der Waals surface area contributed by atoms with Crippen LogP contribution in [-0.2, 0) is 5.75 Å². The molecule has 0 bridgehead atoms. The van der Waals surface area contributed by atoms with Crippen molar-refractivity contribution in [3.63, 3.8) is 0 Å². The van der Waals surface area contributed by atoms with Gasteiger partial charge in [0.1, 0.15) is 0 Å². The Morgan fingerprint density at radius 3 is 2.40 bits per heavy atom. The molecule has 0 amide bonds. The fourth-order valence-corrected chi connectivity index (χ4v) is 3.35. The molecule has 0 aliphatic heterocycles.